The molecule has 2 N–H and O–H groups in total. The van der Waals surface area contributed by atoms with E-state index in [1.807, 2.05) is 0 Å². The molecule has 2 aromatic heterocycles. The zero-order chi connectivity index (χ0) is 24.7. The maximum atomic E-state index is 12.6. The molecule has 1 atom stereocenters. The Hall–Kier alpha value is -2.76. The second-order valence-corrected chi connectivity index (χ2v) is 9.01. The third-order valence-corrected chi connectivity index (χ3v) is 6.15. The molecule has 184 valence electrons. The first-order valence-electron chi connectivity index (χ1n) is 10.8. The smallest absolute Gasteiger partial charge is 0.329 e. The summed E-state index contributed by atoms with van der Waals surface area (Å²) in [5, 5.41) is 11.5. The lowest BCUT2D eigenvalue weighted by Gasteiger charge is -2.15. The monoisotopic (exact) mass is 510 g/mol. The largest absolute Gasteiger partial charge is 0.491 e. The van der Waals surface area contributed by atoms with E-state index < -0.39 is 23.3 Å². The summed E-state index contributed by atoms with van der Waals surface area (Å²) >= 11 is 6.94. The molecule has 1 aromatic carbocycles. The molecule has 3 rings (SSSR count). The molecule has 0 aliphatic carbocycles. The van der Waals surface area contributed by atoms with E-state index in [1.165, 1.54) is 16.2 Å². The molecule has 0 unspecified atom stereocenters. The number of benzene rings is 1. The fourth-order valence-corrected chi connectivity index (χ4v) is 4.11. The normalized spacial score (nSPS) is 12.1. The van der Waals surface area contributed by atoms with Gasteiger partial charge in [0.25, 0.3) is 5.56 Å². The average molecular weight is 511 g/mol. The van der Waals surface area contributed by atoms with Crippen LogP contribution in [0.25, 0.3) is 11.2 Å². The van der Waals surface area contributed by atoms with Crippen LogP contribution in [0.3, 0.4) is 0 Å². The number of aromatic nitrogens is 4. The first kappa shape index (κ1) is 25.9. The molecule has 12 heteroatoms. The first-order valence-corrected chi connectivity index (χ1v) is 12.2. The highest BCUT2D eigenvalue weighted by Crippen LogP contribution is 2.23. The van der Waals surface area contributed by atoms with Gasteiger partial charge >= 0.3 is 11.7 Å². The molecule has 34 heavy (non-hydrogen) atoms. The van der Waals surface area contributed by atoms with Crippen molar-refractivity contribution in [2.45, 2.75) is 44.0 Å². The van der Waals surface area contributed by atoms with Crippen molar-refractivity contribution in [1.29, 1.82) is 0 Å². The van der Waals surface area contributed by atoms with Crippen LogP contribution in [-0.2, 0) is 23.1 Å². The first-order chi connectivity index (χ1) is 16.3. The number of ether oxygens (including phenoxy) is 2. The molecule has 0 amide bonds. The van der Waals surface area contributed by atoms with Crippen LogP contribution in [0.4, 0.5) is 0 Å². The van der Waals surface area contributed by atoms with Crippen molar-refractivity contribution < 1.29 is 19.4 Å². The SMILES string of the molecule is CCCCCOC(=O)CSc1nc2c(c(=O)[nH]c(=O)n2C)n1C[C@@H](O)COc1ccc(Cl)cc1. The number of carbonyl (C=O) groups is 1. The van der Waals surface area contributed by atoms with E-state index in [4.69, 9.17) is 21.1 Å². The van der Waals surface area contributed by atoms with Gasteiger partial charge in [-0.15, -0.1) is 0 Å². The number of aryl methyl sites for hydroxylation is 1. The van der Waals surface area contributed by atoms with E-state index in [0.29, 0.717) is 22.5 Å². The number of thioether (sulfide) groups is 1. The number of fused-ring (bicyclic) bond motifs is 1. The second kappa shape index (κ2) is 12.1. The van der Waals surface area contributed by atoms with Crippen LogP contribution in [-0.4, -0.2) is 55.2 Å². The average Bonchev–Trinajstić information content (AvgIpc) is 3.17. The van der Waals surface area contributed by atoms with Crippen LogP contribution in [0.15, 0.2) is 39.0 Å². The Morgan fingerprint density at radius 2 is 2.00 bits per heavy atom. The van der Waals surface area contributed by atoms with Crippen molar-refractivity contribution in [2.24, 2.45) is 7.05 Å². The van der Waals surface area contributed by atoms with Crippen LogP contribution in [0.1, 0.15) is 26.2 Å². The zero-order valence-corrected chi connectivity index (χ0v) is 20.5. The van der Waals surface area contributed by atoms with Crippen LogP contribution in [0, 0.1) is 0 Å². The number of aliphatic hydroxyl groups excluding tert-OH is 1. The van der Waals surface area contributed by atoms with Crippen LogP contribution < -0.4 is 16.0 Å². The number of rotatable bonds is 12. The molecular formula is C22H27ClN4O6S. The molecule has 10 nitrogen and oxygen atoms in total. The lowest BCUT2D eigenvalue weighted by atomic mass is 10.3. The summed E-state index contributed by atoms with van der Waals surface area (Å²) in [4.78, 5) is 43.3. The number of hydrogen-bond donors (Lipinski definition) is 2. The van der Waals surface area contributed by atoms with Crippen molar-refractivity contribution in [2.75, 3.05) is 19.0 Å². The van der Waals surface area contributed by atoms with Gasteiger partial charge in [-0.05, 0) is 30.7 Å². The van der Waals surface area contributed by atoms with Gasteiger partial charge in [-0.3, -0.25) is 19.1 Å². The Morgan fingerprint density at radius 3 is 2.71 bits per heavy atom. The van der Waals surface area contributed by atoms with Crippen molar-refractivity contribution in [3.05, 3.63) is 50.1 Å². The molecule has 0 saturated carbocycles. The van der Waals surface area contributed by atoms with Crippen molar-refractivity contribution in [3.63, 3.8) is 0 Å². The summed E-state index contributed by atoms with van der Waals surface area (Å²) in [6, 6.07) is 6.69. The summed E-state index contributed by atoms with van der Waals surface area (Å²) in [7, 11) is 1.48. The maximum Gasteiger partial charge on any atom is 0.329 e. The number of carbonyl (C=O) groups excluding carboxylic acids is 1. The van der Waals surface area contributed by atoms with Gasteiger partial charge in [-0.1, -0.05) is 43.1 Å². The quantitative estimate of drug-likeness (QED) is 0.216. The summed E-state index contributed by atoms with van der Waals surface area (Å²) < 4.78 is 13.5. The lowest BCUT2D eigenvalue weighted by molar-refractivity contribution is -0.140. The summed E-state index contributed by atoms with van der Waals surface area (Å²) in [6.07, 6.45) is 1.78. The van der Waals surface area contributed by atoms with Gasteiger partial charge in [0, 0.05) is 12.1 Å². The number of H-pyrrole nitrogens is 1. The molecule has 0 aliphatic heterocycles. The molecule has 0 spiro atoms. The number of halogens is 1. The third kappa shape index (κ3) is 6.64. The number of nitrogens with one attached hydrogen (secondary N) is 1. The van der Waals surface area contributed by atoms with Crippen LogP contribution in [0.5, 0.6) is 5.75 Å². The van der Waals surface area contributed by atoms with E-state index in [9.17, 15) is 19.5 Å². The minimum Gasteiger partial charge on any atom is -0.491 e. The minimum absolute atomic E-state index is 0.0291. The van der Waals surface area contributed by atoms with Gasteiger partial charge < -0.3 is 19.1 Å². The van der Waals surface area contributed by atoms with E-state index in [-0.39, 0.29) is 30.1 Å². The minimum atomic E-state index is -1.01. The Bertz CT molecular complexity index is 1240. The van der Waals surface area contributed by atoms with Gasteiger partial charge in [0.05, 0.1) is 18.9 Å². The predicted molar refractivity (Wildman–Crippen MR) is 130 cm³/mol. The van der Waals surface area contributed by atoms with E-state index in [0.717, 1.165) is 31.0 Å². The Labute approximate surface area is 204 Å². The maximum absolute atomic E-state index is 12.6. The van der Waals surface area contributed by atoms with Gasteiger partial charge in [0.15, 0.2) is 16.3 Å². The lowest BCUT2D eigenvalue weighted by Crippen LogP contribution is -2.30. The highest BCUT2D eigenvalue weighted by atomic mass is 35.5. The van der Waals surface area contributed by atoms with Crippen molar-refractivity contribution in [1.82, 2.24) is 19.1 Å². The van der Waals surface area contributed by atoms with Crippen LogP contribution >= 0.6 is 23.4 Å². The summed E-state index contributed by atoms with van der Waals surface area (Å²) in [5.41, 5.74) is -0.976. The Morgan fingerprint density at radius 1 is 1.26 bits per heavy atom. The van der Waals surface area contributed by atoms with Gasteiger partial charge in [0.1, 0.15) is 18.5 Å². The van der Waals surface area contributed by atoms with E-state index >= 15 is 0 Å². The predicted octanol–water partition coefficient (Wildman–Crippen LogP) is 2.34. The molecule has 0 fully saturated rings. The van der Waals surface area contributed by atoms with Gasteiger partial charge in [-0.25, -0.2) is 9.78 Å². The number of aromatic amines is 1. The second-order valence-electron chi connectivity index (χ2n) is 7.63. The molecule has 0 saturated heterocycles. The van der Waals surface area contributed by atoms with Crippen molar-refractivity contribution >= 4 is 40.5 Å². The fourth-order valence-electron chi connectivity index (χ4n) is 3.18. The van der Waals surface area contributed by atoms with E-state index in [2.05, 4.69) is 16.9 Å². The van der Waals surface area contributed by atoms with Crippen LogP contribution in [0.2, 0.25) is 5.02 Å². The Balaban J connectivity index is 1.77. The highest BCUT2D eigenvalue weighted by Gasteiger charge is 2.21. The molecule has 3 aromatic rings. The molecule has 0 aliphatic rings. The number of nitrogens with zero attached hydrogens (tertiary/aromatic N) is 3. The molecule has 2 heterocycles. The Kier molecular flexibility index (Phi) is 9.20. The number of imidazole rings is 1. The van der Waals surface area contributed by atoms with Gasteiger partial charge in [-0.2, -0.15) is 0 Å². The zero-order valence-electron chi connectivity index (χ0n) is 19.0. The van der Waals surface area contributed by atoms with Crippen molar-refractivity contribution in [3.8, 4) is 5.75 Å². The number of hydrogen-bond acceptors (Lipinski definition) is 8. The molecule has 0 radical (unpaired) electrons. The standard InChI is InChI=1S/C22H27ClN4O6S/c1-3-4-5-10-32-17(29)13-34-22-24-19-18(20(30)25-21(31)26(19)2)27(22)11-15(28)12-33-16-8-6-14(23)7-9-16/h6-9,15,28H,3-5,10-13H2,1-2H3,(H,25,30,31)/t15-/m1/s1. The number of esters is 1. The van der Waals surface area contributed by atoms with Gasteiger partial charge in [0.2, 0.25) is 0 Å². The molecular weight excluding hydrogens is 484 g/mol. The number of unbranched alkanes of at least 4 members (excludes halogenated alkanes) is 2. The molecule has 0 bridgehead atoms. The topological polar surface area (TPSA) is 128 Å². The van der Waals surface area contributed by atoms with E-state index in [1.54, 1.807) is 24.3 Å². The third-order valence-electron chi connectivity index (χ3n) is 4.95. The summed E-state index contributed by atoms with van der Waals surface area (Å²) in [6.45, 7) is 2.30. The summed E-state index contributed by atoms with van der Waals surface area (Å²) in [5.74, 6) is 0.0901. The number of aliphatic hydroxyl groups is 1. The fraction of sp³-hybridized carbons (Fsp3) is 0.455. The highest BCUT2D eigenvalue weighted by molar-refractivity contribution is 7.99.